The highest BCUT2D eigenvalue weighted by Crippen LogP contribution is 2.26. The minimum absolute atomic E-state index is 0.0105. The topological polar surface area (TPSA) is 97.2 Å². The van der Waals surface area contributed by atoms with Crippen LogP contribution in [0, 0.1) is 5.82 Å². The second-order valence-corrected chi connectivity index (χ2v) is 9.63. The molecule has 2 heterocycles. The molecule has 0 aliphatic heterocycles. The largest absolute Gasteiger partial charge is 0.348 e. The van der Waals surface area contributed by atoms with E-state index in [9.17, 15) is 17.6 Å². The smallest absolute Gasteiger partial charge is 0.264 e. The predicted molar refractivity (Wildman–Crippen MR) is 126 cm³/mol. The fraction of sp³-hybridized carbons (Fsp3) is 0.0870. The van der Waals surface area contributed by atoms with Gasteiger partial charge in [0.25, 0.3) is 15.9 Å². The van der Waals surface area contributed by atoms with Crippen LogP contribution in [0.5, 0.6) is 0 Å². The fourth-order valence-corrected chi connectivity index (χ4v) is 4.55. The third-order valence-corrected chi connectivity index (χ3v) is 7.14. The summed E-state index contributed by atoms with van der Waals surface area (Å²) in [4.78, 5) is 16.9. The van der Waals surface area contributed by atoms with E-state index in [1.54, 1.807) is 41.5 Å². The molecule has 0 saturated heterocycles. The van der Waals surface area contributed by atoms with Crippen molar-refractivity contribution in [2.75, 3.05) is 11.4 Å². The molecule has 174 valence electrons. The average molecular weight is 500 g/mol. The van der Waals surface area contributed by atoms with Crippen LogP contribution in [0.4, 0.5) is 10.1 Å². The molecule has 0 spiro atoms. The Hall–Kier alpha value is -3.76. The zero-order valence-corrected chi connectivity index (χ0v) is 19.5. The number of hydrogen-bond acceptors (Lipinski definition) is 5. The Kier molecular flexibility index (Phi) is 6.62. The van der Waals surface area contributed by atoms with E-state index >= 15 is 0 Å². The zero-order chi connectivity index (χ0) is 24.3. The molecule has 0 radical (unpaired) electrons. The quantitative estimate of drug-likeness (QED) is 0.417. The van der Waals surface area contributed by atoms with Gasteiger partial charge in [0.05, 0.1) is 21.2 Å². The van der Waals surface area contributed by atoms with Crippen LogP contribution in [0.2, 0.25) is 5.02 Å². The molecule has 0 unspecified atom stereocenters. The van der Waals surface area contributed by atoms with Gasteiger partial charge in [-0.25, -0.2) is 22.5 Å². The Balaban J connectivity index is 1.50. The summed E-state index contributed by atoms with van der Waals surface area (Å²) in [5, 5.41) is 6.93. The van der Waals surface area contributed by atoms with E-state index in [-0.39, 0.29) is 27.7 Å². The van der Waals surface area contributed by atoms with E-state index in [1.807, 2.05) is 0 Å². The van der Waals surface area contributed by atoms with Gasteiger partial charge in [-0.1, -0.05) is 17.7 Å². The van der Waals surface area contributed by atoms with Crippen molar-refractivity contribution in [3.8, 4) is 5.82 Å². The van der Waals surface area contributed by atoms with Crippen molar-refractivity contribution >= 4 is 33.2 Å². The molecular formula is C23H19ClFN5O3S. The molecule has 8 nitrogen and oxygen atoms in total. The standard InChI is InChI=1S/C23H19ClFN5O3S/c1-29(18-6-4-17(25)5-7-18)34(32,33)19-8-9-21(24)20(13-19)23(31)27-15-16-3-10-22(26-14-16)30-12-2-11-28-30/h2-14H,15H2,1H3,(H,27,31). The lowest BCUT2D eigenvalue weighted by Gasteiger charge is -2.20. The summed E-state index contributed by atoms with van der Waals surface area (Å²) in [5.74, 6) is -0.389. The number of carbonyl (C=O) groups excluding carboxylic acids is 1. The molecule has 1 amide bonds. The maximum atomic E-state index is 13.2. The second-order valence-electron chi connectivity index (χ2n) is 7.25. The first-order chi connectivity index (χ1) is 16.3. The molecule has 0 bridgehead atoms. The number of nitrogens with zero attached hydrogens (tertiary/aromatic N) is 4. The Labute approximate surface area is 200 Å². The van der Waals surface area contributed by atoms with Gasteiger partial charge in [-0.15, -0.1) is 0 Å². The first kappa shape index (κ1) is 23.4. The van der Waals surface area contributed by atoms with E-state index in [0.717, 1.165) is 9.87 Å². The predicted octanol–water partition coefficient (Wildman–Crippen LogP) is 3.81. The molecule has 0 aliphatic carbocycles. The summed E-state index contributed by atoms with van der Waals surface area (Å²) in [6.07, 6.45) is 5.02. The summed E-state index contributed by atoms with van der Waals surface area (Å²) in [6.45, 7) is 0.161. The SMILES string of the molecule is CN(c1ccc(F)cc1)S(=O)(=O)c1ccc(Cl)c(C(=O)NCc2ccc(-n3cccn3)nc2)c1. The van der Waals surface area contributed by atoms with Gasteiger partial charge >= 0.3 is 0 Å². The summed E-state index contributed by atoms with van der Waals surface area (Å²) < 4.78 is 41.9. The maximum absolute atomic E-state index is 13.2. The number of halogens is 2. The van der Waals surface area contributed by atoms with Gasteiger partial charge in [-0.2, -0.15) is 5.10 Å². The molecule has 0 aliphatic rings. The highest BCUT2D eigenvalue weighted by atomic mass is 35.5. The minimum atomic E-state index is -4.02. The molecular weight excluding hydrogens is 481 g/mol. The van der Waals surface area contributed by atoms with E-state index in [1.165, 1.54) is 49.5 Å². The molecule has 11 heteroatoms. The van der Waals surface area contributed by atoms with Crippen molar-refractivity contribution in [2.24, 2.45) is 0 Å². The molecule has 2 aromatic carbocycles. The van der Waals surface area contributed by atoms with Crippen LogP contribution in [0.25, 0.3) is 5.82 Å². The lowest BCUT2D eigenvalue weighted by Crippen LogP contribution is -2.27. The first-order valence-electron chi connectivity index (χ1n) is 10.0. The number of rotatable bonds is 7. The van der Waals surface area contributed by atoms with E-state index < -0.39 is 21.7 Å². The molecule has 0 atom stereocenters. The highest BCUT2D eigenvalue weighted by Gasteiger charge is 2.24. The second kappa shape index (κ2) is 9.62. The van der Waals surface area contributed by atoms with E-state index in [0.29, 0.717) is 5.82 Å². The number of anilines is 1. The molecule has 1 N–H and O–H groups in total. The number of aromatic nitrogens is 3. The fourth-order valence-electron chi connectivity index (χ4n) is 3.13. The summed E-state index contributed by atoms with van der Waals surface area (Å²) in [6, 6.07) is 14.2. The Bertz CT molecular complexity index is 1410. The van der Waals surface area contributed by atoms with Crippen molar-refractivity contribution in [1.29, 1.82) is 0 Å². The van der Waals surface area contributed by atoms with Gasteiger partial charge in [0.1, 0.15) is 5.82 Å². The molecule has 2 aromatic heterocycles. The van der Waals surface area contributed by atoms with Gasteiger partial charge in [0.15, 0.2) is 5.82 Å². The number of amides is 1. The van der Waals surface area contributed by atoms with Crippen LogP contribution in [-0.4, -0.2) is 36.1 Å². The first-order valence-corrected chi connectivity index (χ1v) is 11.8. The number of sulfonamides is 1. The van der Waals surface area contributed by atoms with Crippen molar-refractivity contribution in [1.82, 2.24) is 20.1 Å². The van der Waals surface area contributed by atoms with Crippen LogP contribution in [-0.2, 0) is 16.6 Å². The van der Waals surface area contributed by atoms with Crippen molar-refractivity contribution in [3.05, 3.63) is 101 Å². The van der Waals surface area contributed by atoms with Crippen molar-refractivity contribution in [2.45, 2.75) is 11.4 Å². The monoisotopic (exact) mass is 499 g/mol. The van der Waals surface area contributed by atoms with Gasteiger partial charge in [-0.3, -0.25) is 9.10 Å². The lowest BCUT2D eigenvalue weighted by atomic mass is 10.2. The van der Waals surface area contributed by atoms with Crippen LogP contribution in [0.3, 0.4) is 0 Å². The third-order valence-electron chi connectivity index (χ3n) is 5.03. The summed E-state index contributed by atoms with van der Waals surface area (Å²) in [7, 11) is -2.67. The zero-order valence-electron chi connectivity index (χ0n) is 17.9. The molecule has 0 fully saturated rings. The van der Waals surface area contributed by atoms with Gasteiger partial charge in [-0.05, 0) is 60.2 Å². The van der Waals surface area contributed by atoms with Crippen LogP contribution in [0.1, 0.15) is 15.9 Å². The number of carbonyl (C=O) groups is 1. The van der Waals surface area contributed by atoms with Crippen molar-refractivity contribution < 1.29 is 17.6 Å². The summed E-state index contributed by atoms with van der Waals surface area (Å²) in [5.41, 5.74) is 1.02. The van der Waals surface area contributed by atoms with E-state index in [2.05, 4.69) is 15.4 Å². The van der Waals surface area contributed by atoms with Crippen LogP contribution in [0.15, 0.2) is 84.1 Å². The molecule has 4 aromatic rings. The van der Waals surface area contributed by atoms with Gasteiger partial charge in [0.2, 0.25) is 0 Å². The Morgan fingerprint density at radius 3 is 2.56 bits per heavy atom. The van der Waals surface area contributed by atoms with Gasteiger partial charge in [0, 0.05) is 32.2 Å². The van der Waals surface area contributed by atoms with Gasteiger partial charge < -0.3 is 5.32 Å². The van der Waals surface area contributed by atoms with Crippen molar-refractivity contribution in [3.63, 3.8) is 0 Å². The Morgan fingerprint density at radius 1 is 1.15 bits per heavy atom. The lowest BCUT2D eigenvalue weighted by molar-refractivity contribution is 0.0951. The highest BCUT2D eigenvalue weighted by molar-refractivity contribution is 7.92. The molecule has 4 rings (SSSR count). The third kappa shape index (κ3) is 4.92. The van der Waals surface area contributed by atoms with E-state index in [4.69, 9.17) is 11.6 Å². The number of nitrogens with one attached hydrogen (secondary N) is 1. The van der Waals surface area contributed by atoms with Crippen LogP contribution >= 0.6 is 11.6 Å². The normalized spacial score (nSPS) is 11.3. The number of pyridine rings is 1. The molecule has 34 heavy (non-hydrogen) atoms. The minimum Gasteiger partial charge on any atom is -0.348 e. The molecule has 0 saturated carbocycles. The summed E-state index contributed by atoms with van der Waals surface area (Å²) >= 11 is 6.18. The Morgan fingerprint density at radius 2 is 1.91 bits per heavy atom. The number of benzene rings is 2. The number of hydrogen-bond donors (Lipinski definition) is 1. The average Bonchev–Trinajstić information content (AvgIpc) is 3.38. The maximum Gasteiger partial charge on any atom is 0.264 e. The van der Waals surface area contributed by atoms with Crippen LogP contribution < -0.4 is 9.62 Å².